The largest absolute Gasteiger partial charge is 0.478 e. The van der Waals surface area contributed by atoms with Crippen molar-refractivity contribution in [3.8, 4) is 0 Å². The second-order valence-corrected chi connectivity index (χ2v) is 4.80. The molecule has 2 rings (SSSR count). The van der Waals surface area contributed by atoms with Gasteiger partial charge >= 0.3 is 12.0 Å². The molecular weight excluding hydrogens is 291 g/mol. The van der Waals surface area contributed by atoms with Crippen LogP contribution in [0, 0.1) is 0 Å². The van der Waals surface area contributed by atoms with Crippen LogP contribution in [0.25, 0.3) is 0 Å². The van der Waals surface area contributed by atoms with Gasteiger partial charge in [-0.2, -0.15) is 0 Å². The molecule has 0 fully saturated rings. The van der Waals surface area contributed by atoms with Crippen LogP contribution in [-0.2, 0) is 4.79 Å². The van der Waals surface area contributed by atoms with E-state index in [2.05, 4.69) is 10.6 Å². The summed E-state index contributed by atoms with van der Waals surface area (Å²) in [5.41, 5.74) is 0.752. The number of hydrogen-bond acceptors (Lipinski definition) is 2. The first-order valence-corrected chi connectivity index (χ1v) is 6.13. The molecule has 0 unspecified atom stereocenters. The first-order valence-electron chi connectivity index (χ1n) is 5.37. The third kappa shape index (κ3) is 2.52. The fraction of sp³-hybridized carbons (Fsp3) is 0.167. The minimum atomic E-state index is -1.13. The van der Waals surface area contributed by atoms with Crippen molar-refractivity contribution in [3.05, 3.63) is 45.1 Å². The van der Waals surface area contributed by atoms with E-state index in [0.717, 1.165) is 0 Å². The van der Waals surface area contributed by atoms with Crippen molar-refractivity contribution in [2.45, 2.75) is 13.0 Å². The predicted molar refractivity (Wildman–Crippen MR) is 71.2 cm³/mol. The van der Waals surface area contributed by atoms with Crippen LogP contribution in [0.2, 0.25) is 10.0 Å². The molecule has 1 aromatic rings. The molecule has 2 amide bonds. The lowest BCUT2D eigenvalue weighted by Crippen LogP contribution is -2.45. The average Bonchev–Trinajstić information content (AvgIpc) is 2.31. The summed E-state index contributed by atoms with van der Waals surface area (Å²) in [6.45, 7) is 1.52. The third-order valence-corrected chi connectivity index (χ3v) is 3.63. The van der Waals surface area contributed by atoms with Gasteiger partial charge in [0, 0.05) is 5.70 Å². The Morgan fingerprint density at radius 2 is 2.05 bits per heavy atom. The number of carboxylic acids is 1. The molecule has 1 atom stereocenters. The first-order chi connectivity index (χ1) is 8.91. The Labute approximate surface area is 119 Å². The minimum Gasteiger partial charge on any atom is -0.478 e. The summed E-state index contributed by atoms with van der Waals surface area (Å²) in [4.78, 5) is 22.8. The van der Waals surface area contributed by atoms with Crippen molar-refractivity contribution < 1.29 is 14.7 Å². The Hall–Kier alpha value is -1.72. The summed E-state index contributed by atoms with van der Waals surface area (Å²) in [5.74, 6) is -1.13. The van der Waals surface area contributed by atoms with E-state index < -0.39 is 18.0 Å². The number of rotatable bonds is 2. The lowest BCUT2D eigenvalue weighted by molar-refractivity contribution is -0.133. The van der Waals surface area contributed by atoms with Crippen molar-refractivity contribution in [3.63, 3.8) is 0 Å². The number of aliphatic carboxylic acids is 1. The monoisotopic (exact) mass is 300 g/mol. The van der Waals surface area contributed by atoms with E-state index in [1.54, 1.807) is 18.2 Å². The van der Waals surface area contributed by atoms with E-state index in [9.17, 15) is 14.7 Å². The van der Waals surface area contributed by atoms with Gasteiger partial charge in [0.25, 0.3) is 0 Å². The van der Waals surface area contributed by atoms with Crippen molar-refractivity contribution in [1.82, 2.24) is 10.6 Å². The number of carbonyl (C=O) groups is 2. The molecule has 0 bridgehead atoms. The van der Waals surface area contributed by atoms with Crippen LogP contribution in [0.1, 0.15) is 18.5 Å². The second kappa shape index (κ2) is 5.11. The van der Waals surface area contributed by atoms with Gasteiger partial charge in [-0.3, -0.25) is 0 Å². The van der Waals surface area contributed by atoms with Gasteiger partial charge in [-0.25, -0.2) is 9.59 Å². The normalized spacial score (nSPS) is 18.9. The Bertz CT molecular complexity index is 599. The first kappa shape index (κ1) is 13.7. The molecule has 1 heterocycles. The molecule has 19 heavy (non-hydrogen) atoms. The van der Waals surface area contributed by atoms with Crippen LogP contribution >= 0.6 is 23.2 Å². The van der Waals surface area contributed by atoms with Crippen LogP contribution in [0.15, 0.2) is 29.5 Å². The zero-order valence-electron chi connectivity index (χ0n) is 9.83. The van der Waals surface area contributed by atoms with Gasteiger partial charge in [-0.1, -0.05) is 35.3 Å². The lowest BCUT2D eigenvalue weighted by Gasteiger charge is -2.27. The topological polar surface area (TPSA) is 78.4 Å². The molecule has 0 aliphatic carbocycles. The predicted octanol–water partition coefficient (Wildman–Crippen LogP) is 2.71. The molecule has 0 aromatic heterocycles. The van der Waals surface area contributed by atoms with E-state index in [0.29, 0.717) is 10.6 Å². The SMILES string of the molecule is CC1=C(C(=O)O)[C@@H](c2cccc(Cl)c2Cl)NC(=O)N1. The molecule has 100 valence electrons. The zero-order valence-corrected chi connectivity index (χ0v) is 11.3. The number of benzene rings is 1. The molecule has 0 saturated heterocycles. The number of halogens is 2. The molecule has 5 nitrogen and oxygen atoms in total. The minimum absolute atomic E-state index is 0.0313. The number of hydrogen-bond donors (Lipinski definition) is 3. The van der Waals surface area contributed by atoms with Crippen molar-refractivity contribution in [2.75, 3.05) is 0 Å². The molecule has 7 heteroatoms. The van der Waals surface area contributed by atoms with Crippen molar-refractivity contribution >= 4 is 35.2 Å². The maximum atomic E-state index is 11.5. The summed E-state index contributed by atoms with van der Waals surface area (Å²) in [5, 5.41) is 14.7. The molecule has 0 saturated carbocycles. The Morgan fingerprint density at radius 3 is 2.68 bits per heavy atom. The summed E-state index contributed by atoms with van der Waals surface area (Å²) in [7, 11) is 0. The molecular formula is C12H10Cl2N2O3. The number of carboxylic acid groups (broad SMARTS) is 1. The zero-order chi connectivity index (χ0) is 14.2. The fourth-order valence-electron chi connectivity index (χ4n) is 1.95. The molecule has 1 aliphatic rings. The van der Waals surface area contributed by atoms with Crippen LogP contribution < -0.4 is 10.6 Å². The van der Waals surface area contributed by atoms with Gasteiger partial charge in [-0.15, -0.1) is 0 Å². The highest BCUT2D eigenvalue weighted by Gasteiger charge is 2.32. The van der Waals surface area contributed by atoms with Crippen molar-refractivity contribution in [2.24, 2.45) is 0 Å². The molecule has 0 spiro atoms. The van der Waals surface area contributed by atoms with Crippen molar-refractivity contribution in [1.29, 1.82) is 0 Å². The van der Waals surface area contributed by atoms with Gasteiger partial charge in [0.2, 0.25) is 0 Å². The smallest absolute Gasteiger partial charge is 0.335 e. The van der Waals surface area contributed by atoms with Gasteiger partial charge in [0.05, 0.1) is 21.7 Å². The highest BCUT2D eigenvalue weighted by atomic mass is 35.5. The maximum Gasteiger partial charge on any atom is 0.335 e. The maximum absolute atomic E-state index is 11.5. The van der Waals surface area contributed by atoms with E-state index in [1.165, 1.54) is 6.92 Å². The molecule has 1 aromatic carbocycles. The summed E-state index contributed by atoms with van der Waals surface area (Å²) < 4.78 is 0. The Kier molecular flexibility index (Phi) is 3.68. The Morgan fingerprint density at radius 1 is 1.37 bits per heavy atom. The summed E-state index contributed by atoms with van der Waals surface area (Å²) in [6, 6.07) is 3.54. The van der Waals surface area contributed by atoms with E-state index >= 15 is 0 Å². The molecule has 0 radical (unpaired) electrons. The second-order valence-electron chi connectivity index (χ2n) is 4.02. The quantitative estimate of drug-likeness (QED) is 0.786. The third-order valence-electron chi connectivity index (χ3n) is 2.79. The number of nitrogens with one attached hydrogen (secondary N) is 2. The molecule has 3 N–H and O–H groups in total. The van der Waals surface area contributed by atoms with Gasteiger partial charge in [0.1, 0.15) is 0 Å². The fourth-order valence-corrected chi connectivity index (χ4v) is 2.37. The van der Waals surface area contributed by atoms with Gasteiger partial charge < -0.3 is 15.7 Å². The lowest BCUT2D eigenvalue weighted by atomic mass is 9.95. The number of urea groups is 1. The van der Waals surface area contributed by atoms with Crippen LogP contribution in [0.5, 0.6) is 0 Å². The highest BCUT2D eigenvalue weighted by molar-refractivity contribution is 6.42. The van der Waals surface area contributed by atoms with E-state index in [1.807, 2.05) is 0 Å². The average molecular weight is 301 g/mol. The number of carbonyl (C=O) groups excluding carboxylic acids is 1. The number of allylic oxidation sites excluding steroid dienone is 1. The summed E-state index contributed by atoms with van der Waals surface area (Å²) in [6.07, 6.45) is 0. The van der Waals surface area contributed by atoms with Crippen LogP contribution in [0.3, 0.4) is 0 Å². The van der Waals surface area contributed by atoms with Crippen LogP contribution in [0.4, 0.5) is 4.79 Å². The standard InChI is InChI=1S/C12H10Cl2N2O3/c1-5-8(11(17)18)10(16-12(19)15-5)6-3-2-4-7(13)9(6)14/h2-4,10H,1H3,(H,17,18)(H2,15,16,19)/t10-/m1/s1. The van der Waals surface area contributed by atoms with Crippen LogP contribution in [-0.4, -0.2) is 17.1 Å². The van der Waals surface area contributed by atoms with E-state index in [4.69, 9.17) is 23.2 Å². The van der Waals surface area contributed by atoms with Gasteiger partial charge in [0.15, 0.2) is 0 Å². The highest BCUT2D eigenvalue weighted by Crippen LogP contribution is 2.35. The van der Waals surface area contributed by atoms with Gasteiger partial charge in [-0.05, 0) is 18.6 Å². The molecule has 1 aliphatic heterocycles. The Balaban J connectivity index is 2.58. The number of amides is 2. The summed E-state index contributed by atoms with van der Waals surface area (Å²) >= 11 is 12.0. The van der Waals surface area contributed by atoms with E-state index in [-0.39, 0.29) is 16.3 Å².